The van der Waals surface area contributed by atoms with Crippen molar-refractivity contribution in [2.45, 2.75) is 36.2 Å². The average molecular weight is 406 g/mol. The van der Waals surface area contributed by atoms with Crippen molar-refractivity contribution in [1.82, 2.24) is 9.62 Å². The number of hydrogen-bond donors (Lipinski definition) is 1. The molecule has 0 spiro atoms. The Balaban J connectivity index is 0.00000196. The third-order valence-corrected chi connectivity index (χ3v) is 7.00. The fourth-order valence-corrected chi connectivity index (χ4v) is 5.91. The molecule has 144 valence electrons. The second-order valence-electron chi connectivity index (χ2n) is 6.43. The van der Waals surface area contributed by atoms with Crippen molar-refractivity contribution in [3.05, 3.63) is 22.2 Å². The second kappa shape index (κ2) is 7.18. The van der Waals surface area contributed by atoms with Gasteiger partial charge >= 0.3 is 0 Å². The van der Waals surface area contributed by atoms with Crippen molar-refractivity contribution in [2.24, 2.45) is 0 Å². The van der Waals surface area contributed by atoms with Crippen LogP contribution in [0, 0.1) is 10.1 Å². The maximum Gasteiger partial charge on any atom is 0.293 e. The van der Waals surface area contributed by atoms with Crippen LogP contribution in [0.1, 0.15) is 19.3 Å². The van der Waals surface area contributed by atoms with Crippen LogP contribution in [0.4, 0.5) is 5.69 Å². The van der Waals surface area contributed by atoms with Gasteiger partial charge in [-0.05, 0) is 25.8 Å². The van der Waals surface area contributed by atoms with E-state index in [4.69, 9.17) is 9.47 Å². The predicted octanol–water partition coefficient (Wildman–Crippen LogP) is 1.30. The minimum atomic E-state index is -4.01. The first-order valence-corrected chi connectivity index (χ1v) is 9.75. The number of hydrogen-bond acceptors (Lipinski definition) is 7. The predicted molar refractivity (Wildman–Crippen MR) is 94.7 cm³/mol. The number of ether oxygens (including phenoxy) is 2. The third kappa shape index (κ3) is 3.11. The van der Waals surface area contributed by atoms with E-state index in [0.29, 0.717) is 13.0 Å². The number of sulfonamides is 1. The van der Waals surface area contributed by atoms with Crippen molar-refractivity contribution >= 4 is 28.1 Å². The summed E-state index contributed by atoms with van der Waals surface area (Å²) in [6, 6.07) is 2.09. The summed E-state index contributed by atoms with van der Waals surface area (Å²) in [7, 11) is -4.01. The summed E-state index contributed by atoms with van der Waals surface area (Å²) in [6.07, 6.45) is 2.24. The van der Waals surface area contributed by atoms with Gasteiger partial charge < -0.3 is 14.8 Å². The van der Waals surface area contributed by atoms with Crippen molar-refractivity contribution in [1.29, 1.82) is 0 Å². The number of halogens is 1. The van der Waals surface area contributed by atoms with Crippen LogP contribution in [-0.2, 0) is 10.0 Å². The first kappa shape index (κ1) is 19.2. The zero-order valence-electron chi connectivity index (χ0n) is 13.9. The number of nitrogens with zero attached hydrogens (tertiary/aromatic N) is 2. The molecule has 4 rings (SSSR count). The van der Waals surface area contributed by atoms with Gasteiger partial charge in [-0.25, -0.2) is 8.42 Å². The number of benzene rings is 1. The molecule has 1 aromatic carbocycles. The van der Waals surface area contributed by atoms with Crippen molar-refractivity contribution in [3.63, 3.8) is 0 Å². The molecule has 2 saturated heterocycles. The van der Waals surface area contributed by atoms with Crippen LogP contribution in [0.25, 0.3) is 0 Å². The molecule has 1 N–H and O–H groups in total. The largest absolute Gasteiger partial charge is 0.486 e. The van der Waals surface area contributed by atoms with Crippen LogP contribution in [-0.4, -0.2) is 56.0 Å². The van der Waals surface area contributed by atoms with E-state index in [-0.39, 0.29) is 54.1 Å². The van der Waals surface area contributed by atoms with Gasteiger partial charge in [0, 0.05) is 24.7 Å². The average Bonchev–Trinajstić information content (AvgIpc) is 2.87. The Morgan fingerprint density at radius 2 is 1.77 bits per heavy atom. The fraction of sp³-hybridized carbons (Fsp3) is 0.600. The normalized spacial score (nSPS) is 25.2. The molecule has 0 aliphatic carbocycles. The summed E-state index contributed by atoms with van der Waals surface area (Å²) in [5, 5.41) is 14.7. The van der Waals surface area contributed by atoms with Gasteiger partial charge in [-0.2, -0.15) is 4.31 Å². The van der Waals surface area contributed by atoms with E-state index in [1.165, 1.54) is 10.4 Å². The van der Waals surface area contributed by atoms with Gasteiger partial charge in [-0.15, -0.1) is 12.4 Å². The van der Waals surface area contributed by atoms with Gasteiger partial charge in [0.05, 0.1) is 11.0 Å². The highest BCUT2D eigenvalue weighted by atomic mass is 35.5. The molecule has 0 amide bonds. The highest BCUT2D eigenvalue weighted by Gasteiger charge is 2.45. The van der Waals surface area contributed by atoms with E-state index in [9.17, 15) is 18.5 Å². The first-order chi connectivity index (χ1) is 12.0. The Morgan fingerprint density at radius 3 is 2.46 bits per heavy atom. The number of nitro benzene ring substituents is 1. The number of rotatable bonds is 3. The highest BCUT2D eigenvalue weighted by molar-refractivity contribution is 7.89. The number of fused-ring (bicyclic) bond motifs is 3. The smallest absolute Gasteiger partial charge is 0.293 e. The van der Waals surface area contributed by atoms with Gasteiger partial charge in [-0.1, -0.05) is 0 Å². The van der Waals surface area contributed by atoms with E-state index in [2.05, 4.69) is 5.32 Å². The fourth-order valence-electron chi connectivity index (χ4n) is 3.85. The van der Waals surface area contributed by atoms with Crippen LogP contribution in [0.3, 0.4) is 0 Å². The van der Waals surface area contributed by atoms with Crippen molar-refractivity contribution in [2.75, 3.05) is 26.3 Å². The molecule has 2 unspecified atom stereocenters. The molecule has 0 radical (unpaired) electrons. The first-order valence-electron chi connectivity index (χ1n) is 8.31. The van der Waals surface area contributed by atoms with Gasteiger partial charge in [-0.3, -0.25) is 10.1 Å². The summed E-state index contributed by atoms with van der Waals surface area (Å²) in [4.78, 5) is 10.5. The van der Waals surface area contributed by atoms with Gasteiger partial charge in [0.25, 0.3) is 15.7 Å². The van der Waals surface area contributed by atoms with Crippen LogP contribution in [0.2, 0.25) is 0 Å². The lowest BCUT2D eigenvalue weighted by molar-refractivity contribution is -0.388. The quantitative estimate of drug-likeness (QED) is 0.596. The molecular formula is C15H20ClN3O6S. The Bertz CT molecular complexity index is 804. The molecule has 26 heavy (non-hydrogen) atoms. The molecule has 11 heteroatoms. The summed E-state index contributed by atoms with van der Waals surface area (Å²) < 4.78 is 38.9. The summed E-state index contributed by atoms with van der Waals surface area (Å²) in [5.41, 5.74) is -0.471. The van der Waals surface area contributed by atoms with E-state index < -0.39 is 20.6 Å². The van der Waals surface area contributed by atoms with E-state index >= 15 is 0 Å². The van der Waals surface area contributed by atoms with Crippen LogP contribution in [0.15, 0.2) is 17.0 Å². The van der Waals surface area contributed by atoms with E-state index in [1.54, 1.807) is 0 Å². The zero-order valence-corrected chi connectivity index (χ0v) is 15.6. The second-order valence-corrected chi connectivity index (χ2v) is 8.25. The molecule has 2 fully saturated rings. The molecule has 1 aromatic rings. The van der Waals surface area contributed by atoms with Crippen LogP contribution >= 0.6 is 12.4 Å². The van der Waals surface area contributed by atoms with Crippen molar-refractivity contribution < 1.29 is 22.8 Å². The Kier molecular flexibility index (Phi) is 5.29. The Hall–Kier alpha value is -1.62. The number of nitrogens with one attached hydrogen (secondary N) is 1. The number of nitro groups is 1. The van der Waals surface area contributed by atoms with Crippen molar-refractivity contribution in [3.8, 4) is 11.5 Å². The molecule has 3 aliphatic rings. The zero-order chi connectivity index (χ0) is 17.6. The van der Waals surface area contributed by atoms with Crippen LogP contribution in [0.5, 0.6) is 11.5 Å². The van der Waals surface area contributed by atoms with Gasteiger partial charge in [0.15, 0.2) is 16.4 Å². The minimum Gasteiger partial charge on any atom is -0.486 e. The Morgan fingerprint density at radius 1 is 1.12 bits per heavy atom. The van der Waals surface area contributed by atoms with E-state index in [0.717, 1.165) is 25.5 Å². The summed E-state index contributed by atoms with van der Waals surface area (Å²) >= 11 is 0. The summed E-state index contributed by atoms with van der Waals surface area (Å²) in [5.74, 6) is 0.438. The van der Waals surface area contributed by atoms with Gasteiger partial charge in [0.1, 0.15) is 13.2 Å². The Labute approximate surface area is 157 Å². The molecule has 3 heterocycles. The van der Waals surface area contributed by atoms with Crippen LogP contribution < -0.4 is 14.8 Å². The molecule has 0 aromatic heterocycles. The lowest BCUT2D eigenvalue weighted by Crippen LogP contribution is -2.42. The minimum absolute atomic E-state index is 0. The third-order valence-electron chi connectivity index (χ3n) is 4.96. The molecule has 2 atom stereocenters. The van der Waals surface area contributed by atoms with Gasteiger partial charge in [0.2, 0.25) is 0 Å². The SMILES string of the molecule is Cl.O=[N+]([O-])c1cc2c(cc1S(=O)(=O)N1C3CCNCC1CC3)OCCO2. The molecular weight excluding hydrogens is 386 g/mol. The van der Waals surface area contributed by atoms with E-state index in [1.807, 2.05) is 0 Å². The topological polar surface area (TPSA) is 111 Å². The molecule has 0 saturated carbocycles. The maximum atomic E-state index is 13.3. The summed E-state index contributed by atoms with van der Waals surface area (Å²) in [6.45, 7) is 1.87. The highest BCUT2D eigenvalue weighted by Crippen LogP contribution is 2.42. The molecule has 3 aliphatic heterocycles. The molecule has 9 nitrogen and oxygen atoms in total. The lowest BCUT2D eigenvalue weighted by atomic mass is 10.1. The lowest BCUT2D eigenvalue weighted by Gasteiger charge is -2.27. The molecule has 2 bridgehead atoms. The maximum absolute atomic E-state index is 13.3. The standard InChI is InChI=1S/C15H19N3O6S.ClH/c19-18(20)12-7-13-14(24-6-5-23-13)8-15(12)25(21,22)17-10-1-2-11(17)9-16-4-3-10;/h7-8,10-11,16H,1-6,9H2;1H. The monoisotopic (exact) mass is 405 g/mol.